The molecule has 3 amide bonds. The van der Waals surface area contributed by atoms with Crippen LogP contribution in [0.5, 0.6) is 0 Å². The Hall–Kier alpha value is -1.89. The highest BCUT2D eigenvalue weighted by atomic mass is 79.9. The molecule has 0 spiro atoms. The van der Waals surface area contributed by atoms with E-state index in [4.69, 9.17) is 4.74 Å². The van der Waals surface area contributed by atoms with Gasteiger partial charge in [0.1, 0.15) is 12.1 Å². The van der Waals surface area contributed by atoms with Gasteiger partial charge in [0.25, 0.3) is 5.91 Å². The van der Waals surface area contributed by atoms with Crippen LogP contribution in [0.25, 0.3) is 0 Å². The quantitative estimate of drug-likeness (QED) is 0.660. The molecule has 0 bridgehead atoms. The second-order valence-corrected chi connectivity index (χ2v) is 5.68. The molecule has 0 saturated carbocycles. The van der Waals surface area contributed by atoms with Crippen molar-refractivity contribution in [3.8, 4) is 0 Å². The van der Waals surface area contributed by atoms with E-state index >= 15 is 0 Å². The standard InChI is InChI=1S/C14H15BrN2O4/c1-3-21-11(18)8-17-12(19)14(2,16-13(17)20)9-5-4-6-10(15)7-9/h4-7H,3,8H2,1-2H3,(H,16,20). The van der Waals surface area contributed by atoms with Crippen molar-refractivity contribution in [2.75, 3.05) is 13.2 Å². The Kier molecular flexibility index (Phi) is 4.32. The average molecular weight is 355 g/mol. The lowest BCUT2D eigenvalue weighted by Crippen LogP contribution is -2.41. The van der Waals surface area contributed by atoms with Crippen LogP contribution in [0.4, 0.5) is 4.79 Å². The zero-order valence-corrected chi connectivity index (χ0v) is 13.3. The minimum atomic E-state index is -1.19. The third-order valence-electron chi connectivity index (χ3n) is 3.27. The van der Waals surface area contributed by atoms with Crippen LogP contribution in [0.15, 0.2) is 28.7 Å². The first-order chi connectivity index (χ1) is 9.88. The summed E-state index contributed by atoms with van der Waals surface area (Å²) in [6, 6.07) is 6.50. The van der Waals surface area contributed by atoms with E-state index < -0.39 is 23.4 Å². The van der Waals surface area contributed by atoms with Crippen molar-refractivity contribution in [3.05, 3.63) is 34.3 Å². The minimum Gasteiger partial charge on any atom is -0.465 e. The number of halogens is 1. The number of hydrogen-bond acceptors (Lipinski definition) is 4. The first-order valence-corrected chi connectivity index (χ1v) is 7.23. The summed E-state index contributed by atoms with van der Waals surface area (Å²) in [5, 5.41) is 2.63. The maximum absolute atomic E-state index is 12.5. The second-order valence-electron chi connectivity index (χ2n) is 4.76. The average Bonchev–Trinajstić information content (AvgIpc) is 2.64. The number of carbonyl (C=O) groups excluding carboxylic acids is 3. The van der Waals surface area contributed by atoms with Crippen LogP contribution >= 0.6 is 15.9 Å². The third kappa shape index (κ3) is 2.92. The molecule has 0 aromatic heterocycles. The molecule has 0 radical (unpaired) electrons. The van der Waals surface area contributed by atoms with Crippen molar-refractivity contribution >= 4 is 33.8 Å². The molecule has 1 aromatic rings. The number of amides is 3. The summed E-state index contributed by atoms with van der Waals surface area (Å²) in [5.74, 6) is -1.09. The van der Waals surface area contributed by atoms with E-state index in [0.717, 1.165) is 9.37 Å². The fourth-order valence-corrected chi connectivity index (χ4v) is 2.57. The van der Waals surface area contributed by atoms with Crippen molar-refractivity contribution in [1.29, 1.82) is 0 Å². The second kappa shape index (κ2) is 5.85. The topological polar surface area (TPSA) is 75.7 Å². The molecule has 7 heteroatoms. The number of rotatable bonds is 4. The molecule has 1 aliphatic heterocycles. The van der Waals surface area contributed by atoms with Crippen LogP contribution in [0.1, 0.15) is 19.4 Å². The maximum Gasteiger partial charge on any atom is 0.326 e. The Morgan fingerprint density at radius 1 is 1.43 bits per heavy atom. The highest BCUT2D eigenvalue weighted by molar-refractivity contribution is 9.10. The van der Waals surface area contributed by atoms with Gasteiger partial charge in [-0.25, -0.2) is 4.79 Å². The molecule has 1 N–H and O–H groups in total. The molecule has 1 atom stereocenters. The first-order valence-electron chi connectivity index (χ1n) is 6.44. The van der Waals surface area contributed by atoms with Gasteiger partial charge in [-0.05, 0) is 31.5 Å². The van der Waals surface area contributed by atoms with E-state index in [0.29, 0.717) is 5.56 Å². The molecular formula is C14H15BrN2O4. The van der Waals surface area contributed by atoms with Crippen molar-refractivity contribution in [2.45, 2.75) is 19.4 Å². The summed E-state index contributed by atoms with van der Waals surface area (Å²) >= 11 is 3.33. The number of nitrogens with zero attached hydrogens (tertiary/aromatic N) is 1. The molecule has 0 aliphatic carbocycles. The Labute approximate surface area is 130 Å². The number of nitrogens with one attached hydrogen (secondary N) is 1. The Morgan fingerprint density at radius 3 is 2.76 bits per heavy atom. The van der Waals surface area contributed by atoms with Gasteiger partial charge < -0.3 is 10.1 Å². The van der Waals surface area contributed by atoms with Gasteiger partial charge >= 0.3 is 12.0 Å². The normalized spacial score (nSPS) is 21.4. The van der Waals surface area contributed by atoms with Gasteiger partial charge in [0.2, 0.25) is 0 Å². The molecule has 1 aliphatic rings. The number of hydrogen-bond donors (Lipinski definition) is 1. The lowest BCUT2D eigenvalue weighted by Gasteiger charge is -2.22. The Bertz CT molecular complexity index is 604. The number of imide groups is 1. The van der Waals surface area contributed by atoms with Crippen molar-refractivity contribution < 1.29 is 19.1 Å². The molecule has 21 heavy (non-hydrogen) atoms. The van der Waals surface area contributed by atoms with Gasteiger partial charge in [-0.1, -0.05) is 28.1 Å². The van der Waals surface area contributed by atoms with Gasteiger partial charge in [0, 0.05) is 4.47 Å². The lowest BCUT2D eigenvalue weighted by atomic mass is 9.92. The summed E-state index contributed by atoms with van der Waals surface area (Å²) < 4.78 is 5.57. The van der Waals surface area contributed by atoms with Gasteiger partial charge in [-0.3, -0.25) is 14.5 Å². The third-order valence-corrected chi connectivity index (χ3v) is 3.76. The molecule has 1 fully saturated rings. The van der Waals surface area contributed by atoms with Crippen LogP contribution in [0, 0.1) is 0 Å². The zero-order valence-electron chi connectivity index (χ0n) is 11.7. The van der Waals surface area contributed by atoms with E-state index in [-0.39, 0.29) is 13.2 Å². The Morgan fingerprint density at radius 2 is 2.14 bits per heavy atom. The summed E-state index contributed by atoms with van der Waals surface area (Å²) in [6.45, 7) is 3.09. The predicted octanol–water partition coefficient (Wildman–Crippen LogP) is 1.78. The monoisotopic (exact) mass is 354 g/mol. The molecule has 112 valence electrons. The van der Waals surface area contributed by atoms with Crippen LogP contribution in [0.3, 0.4) is 0 Å². The number of carbonyl (C=O) groups is 3. The van der Waals surface area contributed by atoms with E-state index in [9.17, 15) is 14.4 Å². The smallest absolute Gasteiger partial charge is 0.326 e. The summed E-state index contributed by atoms with van der Waals surface area (Å²) in [4.78, 5) is 36.8. The summed E-state index contributed by atoms with van der Waals surface area (Å²) in [5.41, 5.74) is -0.547. The van der Waals surface area contributed by atoms with E-state index in [2.05, 4.69) is 21.2 Å². The zero-order chi connectivity index (χ0) is 15.6. The highest BCUT2D eigenvalue weighted by Crippen LogP contribution is 2.30. The van der Waals surface area contributed by atoms with Gasteiger partial charge in [0.05, 0.1) is 6.61 Å². The number of esters is 1. The highest BCUT2D eigenvalue weighted by Gasteiger charge is 2.49. The molecule has 2 rings (SSSR count). The van der Waals surface area contributed by atoms with Crippen molar-refractivity contribution in [1.82, 2.24) is 10.2 Å². The summed E-state index contributed by atoms with van der Waals surface area (Å²) in [7, 11) is 0. The fraction of sp³-hybridized carbons (Fsp3) is 0.357. The fourth-order valence-electron chi connectivity index (χ4n) is 2.17. The van der Waals surface area contributed by atoms with Crippen LogP contribution in [-0.2, 0) is 19.9 Å². The van der Waals surface area contributed by atoms with E-state index in [1.807, 2.05) is 6.07 Å². The SMILES string of the molecule is CCOC(=O)CN1C(=O)NC(C)(c2cccc(Br)c2)C1=O. The minimum absolute atomic E-state index is 0.200. The molecule has 6 nitrogen and oxygen atoms in total. The first kappa shape index (κ1) is 15.5. The van der Waals surface area contributed by atoms with E-state index in [1.54, 1.807) is 32.0 Å². The van der Waals surface area contributed by atoms with Gasteiger partial charge in [-0.2, -0.15) is 0 Å². The van der Waals surface area contributed by atoms with Gasteiger partial charge in [-0.15, -0.1) is 0 Å². The molecular weight excluding hydrogens is 340 g/mol. The van der Waals surface area contributed by atoms with Crippen LogP contribution in [-0.4, -0.2) is 36.0 Å². The largest absolute Gasteiger partial charge is 0.465 e. The Balaban J connectivity index is 2.26. The lowest BCUT2D eigenvalue weighted by molar-refractivity contribution is -0.147. The maximum atomic E-state index is 12.5. The van der Waals surface area contributed by atoms with E-state index in [1.165, 1.54) is 0 Å². The summed E-state index contributed by atoms with van der Waals surface area (Å²) in [6.07, 6.45) is 0. The molecule has 1 unspecified atom stereocenters. The number of ether oxygens (including phenoxy) is 1. The predicted molar refractivity (Wildman–Crippen MR) is 78.4 cm³/mol. The molecule has 1 aromatic carbocycles. The number of benzene rings is 1. The van der Waals surface area contributed by atoms with Crippen molar-refractivity contribution in [2.24, 2.45) is 0 Å². The van der Waals surface area contributed by atoms with Crippen LogP contribution < -0.4 is 5.32 Å². The van der Waals surface area contributed by atoms with Crippen molar-refractivity contribution in [3.63, 3.8) is 0 Å². The van der Waals surface area contributed by atoms with Gasteiger partial charge in [0.15, 0.2) is 0 Å². The molecule has 1 saturated heterocycles. The van der Waals surface area contributed by atoms with Crippen LogP contribution in [0.2, 0.25) is 0 Å². The number of urea groups is 1. The molecule has 1 heterocycles.